The number of carbonyl (C=O) groups excluding carboxylic acids is 2. The fourth-order valence-electron chi connectivity index (χ4n) is 3.29. The number of aliphatic carboxylic acids is 2. The average Bonchev–Trinajstić information content (AvgIpc) is 2.89. The third kappa shape index (κ3) is 40.6. The van der Waals surface area contributed by atoms with E-state index in [1.165, 1.54) is 51.4 Å². The molecule has 0 aromatic rings. The van der Waals surface area contributed by atoms with Crippen molar-refractivity contribution in [3.63, 3.8) is 0 Å². The van der Waals surface area contributed by atoms with Gasteiger partial charge in [-0.25, -0.2) is 4.18 Å². The summed E-state index contributed by atoms with van der Waals surface area (Å²) in [5.41, 5.74) is -0.667. The summed E-state index contributed by atoms with van der Waals surface area (Å²) in [4.78, 5) is 21.4. The standard InChI is InChI=1S/C13H28O4S.C7H13NO5.C6H14O3.2Na/c1-2-3-4-5-6-7-8-9-10-11-12-13-17-18(14,15)16;9-3-1-2-8(4-6(10)11)5-7(12)13;1-2-6(3-7,4-8)5-9;;/h2-13H2,1H3,(H,14,15,16);9H,1-5H2,(H,10,11)(H,12,13);7-9H,2-5H2,1H3;;/q;;;2*+1/p-2. The zero-order valence-electron chi connectivity index (χ0n) is 26.3. The van der Waals surface area contributed by atoms with E-state index in [2.05, 4.69) is 11.1 Å². The predicted octanol–water partition coefficient (Wildman–Crippen LogP) is -6.34. The Labute approximate surface area is 297 Å². The molecule has 0 heterocycles. The average molecular weight is 650 g/mol. The molecule has 13 nitrogen and oxygen atoms in total. The third-order valence-electron chi connectivity index (χ3n) is 6.07. The maximum Gasteiger partial charge on any atom is 1.00 e. The molecule has 0 rings (SSSR count). The van der Waals surface area contributed by atoms with Gasteiger partial charge in [0.2, 0.25) is 0 Å². The minimum atomic E-state index is -4.24. The molecule has 242 valence electrons. The molecule has 0 saturated heterocycles. The van der Waals surface area contributed by atoms with Gasteiger partial charge in [0.15, 0.2) is 0 Å². The molecule has 0 aliphatic rings. The summed E-state index contributed by atoms with van der Waals surface area (Å²) in [6.07, 6.45) is 14.2. The number of carboxylic acids is 2. The van der Waals surface area contributed by atoms with Crippen LogP contribution in [0.1, 0.15) is 97.3 Å². The summed E-state index contributed by atoms with van der Waals surface area (Å²) in [6.45, 7) is 2.82. The molecule has 0 aromatic heterocycles. The molecule has 42 heavy (non-hydrogen) atoms. The molecule has 0 bridgehead atoms. The van der Waals surface area contributed by atoms with Crippen LogP contribution in [-0.2, 0) is 24.2 Å². The smallest absolute Gasteiger partial charge is 0.549 e. The molecule has 0 fully saturated rings. The van der Waals surface area contributed by atoms with Gasteiger partial charge in [-0.05, 0) is 19.3 Å². The molecule has 0 saturated carbocycles. The van der Waals surface area contributed by atoms with Crippen LogP contribution in [-0.4, -0.2) is 103 Å². The normalized spacial score (nSPS) is 10.9. The van der Waals surface area contributed by atoms with Crippen LogP contribution in [0, 0.1) is 5.41 Å². The van der Waals surface area contributed by atoms with E-state index in [9.17, 15) is 28.2 Å². The molecule has 0 spiro atoms. The second kappa shape index (κ2) is 36.1. The summed E-state index contributed by atoms with van der Waals surface area (Å²) in [6, 6.07) is 0. The second-order valence-corrected chi connectivity index (χ2v) is 10.7. The van der Waals surface area contributed by atoms with Crippen LogP contribution in [0.5, 0.6) is 0 Å². The molecule has 0 unspecified atom stereocenters. The first-order valence-corrected chi connectivity index (χ1v) is 15.4. The van der Waals surface area contributed by atoms with E-state index in [1.807, 2.05) is 6.92 Å². The molecular formula is C26H53NNa2O12S. The fraction of sp³-hybridized carbons (Fsp3) is 0.923. The first kappa shape index (κ1) is 52.2. The van der Waals surface area contributed by atoms with Crippen molar-refractivity contribution in [1.82, 2.24) is 4.90 Å². The molecule has 0 aliphatic heterocycles. The second-order valence-electron chi connectivity index (χ2n) is 9.64. The molecular weight excluding hydrogens is 596 g/mol. The van der Waals surface area contributed by atoms with Crippen molar-refractivity contribution in [3.8, 4) is 0 Å². The van der Waals surface area contributed by atoms with E-state index in [4.69, 9.17) is 25.0 Å². The van der Waals surface area contributed by atoms with Crippen molar-refractivity contribution < 1.29 is 116 Å². The Bertz CT molecular complexity index is 665. The summed E-state index contributed by atoms with van der Waals surface area (Å²) in [5, 5.41) is 54.7. The Morgan fingerprint density at radius 1 is 0.714 bits per heavy atom. The van der Waals surface area contributed by atoms with Crippen molar-refractivity contribution in [1.29, 1.82) is 0 Å². The van der Waals surface area contributed by atoms with Crippen LogP contribution < -0.4 is 69.3 Å². The largest absolute Gasteiger partial charge is 1.00 e. The minimum Gasteiger partial charge on any atom is -0.549 e. The quantitative estimate of drug-likeness (QED) is 0.0373. The van der Waals surface area contributed by atoms with Crippen molar-refractivity contribution in [2.24, 2.45) is 5.41 Å². The molecule has 5 N–H and O–H groups in total. The summed E-state index contributed by atoms with van der Waals surface area (Å²) < 4.78 is 33.1. The number of aliphatic hydroxyl groups is 4. The molecule has 0 aliphatic carbocycles. The van der Waals surface area contributed by atoms with E-state index in [0.717, 1.165) is 17.7 Å². The zero-order valence-corrected chi connectivity index (χ0v) is 31.1. The number of carbonyl (C=O) groups is 2. The van der Waals surface area contributed by atoms with Crippen LogP contribution in [0.4, 0.5) is 0 Å². The van der Waals surface area contributed by atoms with Crippen LogP contribution in [0.25, 0.3) is 0 Å². The van der Waals surface area contributed by atoms with Crippen LogP contribution in [0.3, 0.4) is 0 Å². The Kier molecular flexibility index (Phi) is 44.8. The van der Waals surface area contributed by atoms with E-state index < -0.39 is 40.8 Å². The van der Waals surface area contributed by atoms with Gasteiger partial charge in [-0.3, -0.25) is 9.45 Å². The van der Waals surface area contributed by atoms with Gasteiger partial charge < -0.3 is 40.2 Å². The maximum atomic E-state index is 10.2. The van der Waals surface area contributed by atoms with Crippen LogP contribution in [0.2, 0.25) is 0 Å². The van der Waals surface area contributed by atoms with Gasteiger partial charge in [-0.15, -0.1) is 0 Å². The SMILES string of the molecule is CCC(CO)(CO)CO.CCCCCCCCCCCCCOS(=O)(=O)O.O=C([O-])CN(CCCO)CC(=O)[O-].[Na+].[Na+]. The summed E-state index contributed by atoms with van der Waals surface area (Å²) in [5.74, 6) is -2.70. The molecule has 16 heteroatoms. The first-order chi connectivity index (χ1) is 18.9. The van der Waals surface area contributed by atoms with Gasteiger partial charge in [0, 0.05) is 31.7 Å². The van der Waals surface area contributed by atoms with E-state index in [-0.39, 0.29) is 98.7 Å². The Balaban J connectivity index is -0.000000168. The Morgan fingerprint density at radius 3 is 1.36 bits per heavy atom. The fourth-order valence-corrected chi connectivity index (χ4v) is 3.62. The Hall–Kier alpha value is 0.610. The maximum absolute atomic E-state index is 10.2. The Morgan fingerprint density at radius 2 is 1.10 bits per heavy atom. The number of hydrogen-bond acceptors (Lipinski definition) is 12. The molecule has 0 amide bonds. The van der Waals surface area contributed by atoms with Gasteiger partial charge in [0.05, 0.1) is 38.4 Å². The predicted molar refractivity (Wildman–Crippen MR) is 146 cm³/mol. The van der Waals surface area contributed by atoms with Gasteiger partial charge >= 0.3 is 69.5 Å². The van der Waals surface area contributed by atoms with Crippen molar-refractivity contribution in [2.45, 2.75) is 97.3 Å². The molecule has 0 atom stereocenters. The van der Waals surface area contributed by atoms with Gasteiger partial charge in [-0.2, -0.15) is 8.42 Å². The van der Waals surface area contributed by atoms with Gasteiger partial charge in [-0.1, -0.05) is 78.1 Å². The monoisotopic (exact) mass is 649 g/mol. The van der Waals surface area contributed by atoms with E-state index >= 15 is 0 Å². The number of aliphatic hydroxyl groups excluding tert-OH is 4. The first-order valence-electron chi connectivity index (χ1n) is 14.0. The van der Waals surface area contributed by atoms with Gasteiger partial charge in [0.1, 0.15) is 0 Å². The number of hydrogen-bond donors (Lipinski definition) is 5. The van der Waals surface area contributed by atoms with Crippen molar-refractivity contribution >= 4 is 22.3 Å². The van der Waals surface area contributed by atoms with Crippen LogP contribution in [0.15, 0.2) is 0 Å². The number of unbranched alkanes of at least 4 members (excludes halogenated alkanes) is 10. The summed E-state index contributed by atoms with van der Waals surface area (Å²) >= 11 is 0. The third-order valence-corrected chi connectivity index (χ3v) is 6.54. The number of rotatable bonds is 24. The number of nitrogens with zero attached hydrogens (tertiary/aromatic N) is 1. The van der Waals surface area contributed by atoms with Crippen molar-refractivity contribution in [2.75, 3.05) is 52.7 Å². The minimum absolute atomic E-state index is 0. The van der Waals surface area contributed by atoms with E-state index in [1.54, 1.807) is 0 Å². The topological polar surface area (TPSA) is 228 Å². The van der Waals surface area contributed by atoms with Crippen LogP contribution >= 0.6 is 0 Å². The summed E-state index contributed by atoms with van der Waals surface area (Å²) in [7, 11) is -4.24. The number of carboxylic acid groups (broad SMARTS) is 2. The van der Waals surface area contributed by atoms with E-state index in [0.29, 0.717) is 19.3 Å². The van der Waals surface area contributed by atoms with Crippen molar-refractivity contribution in [3.05, 3.63) is 0 Å². The zero-order chi connectivity index (χ0) is 31.3. The van der Waals surface area contributed by atoms with Gasteiger partial charge in [0.25, 0.3) is 0 Å². The molecule has 0 aromatic carbocycles. The molecule has 0 radical (unpaired) electrons.